The van der Waals surface area contributed by atoms with E-state index in [-0.39, 0.29) is 5.91 Å². The summed E-state index contributed by atoms with van der Waals surface area (Å²) in [6.07, 6.45) is 2.95. The minimum atomic E-state index is 0.126. The number of nitrogens with zero attached hydrogens (tertiary/aromatic N) is 2. The number of rotatable bonds is 4. The van der Waals surface area contributed by atoms with E-state index in [0.717, 1.165) is 49.3 Å². The summed E-state index contributed by atoms with van der Waals surface area (Å²) < 4.78 is 0. The van der Waals surface area contributed by atoms with Crippen molar-refractivity contribution >= 4 is 5.91 Å². The number of amides is 1. The number of likely N-dealkylation sites (tertiary alicyclic amines) is 1. The van der Waals surface area contributed by atoms with E-state index in [2.05, 4.69) is 49.4 Å². The van der Waals surface area contributed by atoms with Crippen LogP contribution in [0.2, 0.25) is 0 Å². The van der Waals surface area contributed by atoms with Gasteiger partial charge in [-0.15, -0.1) is 0 Å². The number of hydrogen-bond acceptors (Lipinski definition) is 2. The van der Waals surface area contributed by atoms with Gasteiger partial charge in [-0.1, -0.05) is 54.1 Å². The van der Waals surface area contributed by atoms with Gasteiger partial charge in [0, 0.05) is 42.4 Å². The van der Waals surface area contributed by atoms with Gasteiger partial charge in [0.25, 0.3) is 5.91 Å². The summed E-state index contributed by atoms with van der Waals surface area (Å²) in [6, 6.07) is 24.5. The molecular weight excluding hydrogens is 344 g/mol. The molecule has 0 N–H and O–H groups in total. The standard InChI is InChI=1S/C25H26N2O/c1-19-8-5-9-20(16-19)17-23-13-6-14-24(26-23)22-12-7-15-27(18-22)25(28)21-10-3-2-4-11-21/h2-6,8-11,13-14,16,22H,7,12,15,17-18H2,1H3/t22-/m0/s1. The van der Waals surface area contributed by atoms with Crippen molar-refractivity contribution in [2.45, 2.75) is 32.1 Å². The number of benzene rings is 2. The van der Waals surface area contributed by atoms with Crippen molar-refractivity contribution in [2.75, 3.05) is 13.1 Å². The predicted molar refractivity (Wildman–Crippen MR) is 113 cm³/mol. The van der Waals surface area contributed by atoms with Crippen LogP contribution in [0.15, 0.2) is 72.8 Å². The van der Waals surface area contributed by atoms with E-state index >= 15 is 0 Å². The largest absolute Gasteiger partial charge is 0.338 e. The minimum absolute atomic E-state index is 0.126. The van der Waals surface area contributed by atoms with Gasteiger partial charge in [-0.05, 0) is 49.6 Å². The Labute approximate surface area is 167 Å². The SMILES string of the molecule is Cc1cccc(Cc2cccc([C@H]3CCCN(C(=O)c4ccccc4)C3)n2)c1. The Hall–Kier alpha value is -2.94. The Kier molecular flexibility index (Phi) is 5.52. The first-order valence-electron chi connectivity index (χ1n) is 10.0. The number of pyridine rings is 1. The number of carbonyl (C=O) groups is 1. The monoisotopic (exact) mass is 370 g/mol. The maximum Gasteiger partial charge on any atom is 0.253 e. The van der Waals surface area contributed by atoms with Crippen LogP contribution in [0.3, 0.4) is 0 Å². The van der Waals surface area contributed by atoms with E-state index in [1.807, 2.05) is 35.2 Å². The van der Waals surface area contributed by atoms with E-state index in [0.29, 0.717) is 5.92 Å². The Morgan fingerprint density at radius 1 is 1.04 bits per heavy atom. The van der Waals surface area contributed by atoms with Crippen LogP contribution in [-0.4, -0.2) is 28.9 Å². The van der Waals surface area contributed by atoms with Crippen molar-refractivity contribution in [1.29, 1.82) is 0 Å². The Morgan fingerprint density at radius 3 is 2.68 bits per heavy atom. The molecule has 1 saturated heterocycles. The van der Waals surface area contributed by atoms with Gasteiger partial charge in [-0.25, -0.2) is 0 Å². The molecule has 2 heterocycles. The van der Waals surface area contributed by atoms with E-state index in [1.165, 1.54) is 11.1 Å². The van der Waals surface area contributed by atoms with Crippen LogP contribution in [0, 0.1) is 6.92 Å². The number of carbonyl (C=O) groups excluding carboxylic acids is 1. The second-order valence-electron chi connectivity index (χ2n) is 7.68. The third kappa shape index (κ3) is 4.30. The average molecular weight is 370 g/mol. The summed E-state index contributed by atoms with van der Waals surface area (Å²) >= 11 is 0. The van der Waals surface area contributed by atoms with Crippen molar-refractivity contribution in [3.05, 3.63) is 101 Å². The van der Waals surface area contributed by atoms with Crippen LogP contribution in [-0.2, 0) is 6.42 Å². The normalized spacial score (nSPS) is 16.8. The zero-order chi connectivity index (χ0) is 19.3. The molecule has 3 aromatic rings. The number of aryl methyl sites for hydroxylation is 1. The second-order valence-corrected chi connectivity index (χ2v) is 7.68. The van der Waals surface area contributed by atoms with Gasteiger partial charge in [0.15, 0.2) is 0 Å². The summed E-state index contributed by atoms with van der Waals surface area (Å²) in [5, 5.41) is 0. The third-order valence-corrected chi connectivity index (χ3v) is 5.44. The molecule has 1 fully saturated rings. The van der Waals surface area contributed by atoms with Crippen LogP contribution >= 0.6 is 0 Å². The van der Waals surface area contributed by atoms with Gasteiger partial charge < -0.3 is 4.90 Å². The highest BCUT2D eigenvalue weighted by Gasteiger charge is 2.26. The Bertz CT molecular complexity index is 952. The molecule has 0 radical (unpaired) electrons. The van der Waals surface area contributed by atoms with Crippen LogP contribution in [0.4, 0.5) is 0 Å². The molecule has 3 heteroatoms. The first-order chi connectivity index (χ1) is 13.7. The van der Waals surface area contributed by atoms with Crippen molar-refractivity contribution < 1.29 is 4.79 Å². The lowest BCUT2D eigenvalue weighted by atomic mass is 9.93. The molecule has 4 rings (SSSR count). The molecule has 0 bridgehead atoms. The van der Waals surface area contributed by atoms with E-state index in [4.69, 9.17) is 4.98 Å². The zero-order valence-electron chi connectivity index (χ0n) is 16.3. The highest BCUT2D eigenvalue weighted by Crippen LogP contribution is 2.27. The number of hydrogen-bond donors (Lipinski definition) is 0. The molecular formula is C25H26N2O. The highest BCUT2D eigenvalue weighted by molar-refractivity contribution is 5.94. The molecule has 1 atom stereocenters. The maximum absolute atomic E-state index is 12.8. The molecule has 1 aliphatic heterocycles. The van der Waals surface area contributed by atoms with E-state index < -0.39 is 0 Å². The molecule has 0 saturated carbocycles. The molecule has 0 unspecified atom stereocenters. The fraction of sp³-hybridized carbons (Fsp3) is 0.280. The fourth-order valence-corrected chi connectivity index (χ4v) is 4.02. The number of aromatic nitrogens is 1. The average Bonchev–Trinajstić information content (AvgIpc) is 2.74. The molecule has 1 amide bonds. The maximum atomic E-state index is 12.8. The van der Waals surface area contributed by atoms with Gasteiger partial charge in [0.1, 0.15) is 0 Å². The van der Waals surface area contributed by atoms with E-state index in [9.17, 15) is 4.79 Å². The molecule has 1 aliphatic rings. The van der Waals surface area contributed by atoms with Gasteiger partial charge in [0.05, 0.1) is 0 Å². The lowest BCUT2D eigenvalue weighted by Crippen LogP contribution is -2.39. The predicted octanol–water partition coefficient (Wildman–Crippen LogP) is 5.00. The quantitative estimate of drug-likeness (QED) is 0.647. The van der Waals surface area contributed by atoms with Crippen molar-refractivity contribution in [2.24, 2.45) is 0 Å². The van der Waals surface area contributed by atoms with Crippen molar-refractivity contribution in [3.63, 3.8) is 0 Å². The van der Waals surface area contributed by atoms with Crippen molar-refractivity contribution in [3.8, 4) is 0 Å². The van der Waals surface area contributed by atoms with Crippen LogP contribution < -0.4 is 0 Å². The minimum Gasteiger partial charge on any atom is -0.338 e. The summed E-state index contributed by atoms with van der Waals surface area (Å²) in [6.45, 7) is 3.69. The first-order valence-corrected chi connectivity index (χ1v) is 10.0. The first kappa shape index (κ1) is 18.4. The third-order valence-electron chi connectivity index (χ3n) is 5.44. The summed E-state index contributed by atoms with van der Waals surface area (Å²) in [7, 11) is 0. The molecule has 3 nitrogen and oxygen atoms in total. The van der Waals surface area contributed by atoms with Gasteiger partial charge in [-0.3, -0.25) is 9.78 Å². The number of piperidine rings is 1. The molecule has 142 valence electrons. The molecule has 2 aromatic carbocycles. The Morgan fingerprint density at radius 2 is 1.86 bits per heavy atom. The summed E-state index contributed by atoms with van der Waals surface area (Å²) in [4.78, 5) is 19.8. The van der Waals surface area contributed by atoms with E-state index in [1.54, 1.807) is 0 Å². The molecule has 28 heavy (non-hydrogen) atoms. The topological polar surface area (TPSA) is 33.2 Å². The van der Waals surface area contributed by atoms with Crippen molar-refractivity contribution in [1.82, 2.24) is 9.88 Å². The van der Waals surface area contributed by atoms with Crippen LogP contribution in [0.1, 0.15) is 51.6 Å². The molecule has 1 aromatic heterocycles. The zero-order valence-corrected chi connectivity index (χ0v) is 16.3. The molecule has 0 spiro atoms. The molecule has 0 aliphatic carbocycles. The van der Waals surface area contributed by atoms with Gasteiger partial charge >= 0.3 is 0 Å². The van der Waals surface area contributed by atoms with Crippen LogP contribution in [0.25, 0.3) is 0 Å². The second kappa shape index (κ2) is 8.39. The smallest absolute Gasteiger partial charge is 0.253 e. The lowest BCUT2D eigenvalue weighted by Gasteiger charge is -2.32. The lowest BCUT2D eigenvalue weighted by molar-refractivity contribution is 0.0706. The van der Waals surface area contributed by atoms with Gasteiger partial charge in [0.2, 0.25) is 0 Å². The highest BCUT2D eigenvalue weighted by atomic mass is 16.2. The van der Waals surface area contributed by atoms with Gasteiger partial charge in [-0.2, -0.15) is 0 Å². The summed E-state index contributed by atoms with van der Waals surface area (Å²) in [5.41, 5.74) is 5.53. The fourth-order valence-electron chi connectivity index (χ4n) is 4.02. The Balaban J connectivity index is 1.48. The van der Waals surface area contributed by atoms with Crippen LogP contribution in [0.5, 0.6) is 0 Å². The summed E-state index contributed by atoms with van der Waals surface area (Å²) in [5.74, 6) is 0.431.